The van der Waals surface area contributed by atoms with Gasteiger partial charge in [-0.1, -0.05) is 6.08 Å². The molecule has 1 rings (SSSR count). The van der Waals surface area contributed by atoms with Crippen molar-refractivity contribution in [3.8, 4) is 11.5 Å². The zero-order valence-electron chi connectivity index (χ0n) is 12.1. The molecule has 1 amide bonds. The molecule has 2 N–H and O–H groups in total. The molecule has 1 aromatic rings. The molecule has 0 saturated carbocycles. The lowest BCUT2D eigenvalue weighted by atomic mass is 10.2. The predicted molar refractivity (Wildman–Crippen MR) is 80.5 cm³/mol. The van der Waals surface area contributed by atoms with Crippen molar-refractivity contribution in [2.24, 2.45) is 0 Å². The van der Waals surface area contributed by atoms with Crippen molar-refractivity contribution < 1.29 is 14.3 Å². The summed E-state index contributed by atoms with van der Waals surface area (Å²) in [4.78, 5) is 11.7. The van der Waals surface area contributed by atoms with Gasteiger partial charge in [0.15, 0.2) is 11.5 Å². The van der Waals surface area contributed by atoms with Gasteiger partial charge in [0.05, 0.1) is 19.8 Å². The molecule has 0 aromatic heterocycles. The standard InChI is InChI=1S/C15H22N2O3/c1-4-9-16-11-15(18)17-12-7-8-13(19-5-2)14(10-12)20-6-3/h4,7-8,10,16H,1,5-6,9,11H2,2-3H3,(H,17,18). The van der Waals surface area contributed by atoms with Crippen LogP contribution in [0.5, 0.6) is 11.5 Å². The number of nitrogens with one attached hydrogen (secondary N) is 2. The summed E-state index contributed by atoms with van der Waals surface area (Å²) in [6.07, 6.45) is 1.71. The van der Waals surface area contributed by atoms with Crippen LogP contribution in [0.15, 0.2) is 30.9 Å². The number of hydrogen-bond acceptors (Lipinski definition) is 4. The molecule has 0 atom stereocenters. The van der Waals surface area contributed by atoms with E-state index in [0.717, 1.165) is 0 Å². The van der Waals surface area contributed by atoms with Gasteiger partial charge in [0.25, 0.3) is 0 Å². The number of hydrogen-bond donors (Lipinski definition) is 2. The van der Waals surface area contributed by atoms with Gasteiger partial charge in [-0.2, -0.15) is 0 Å². The van der Waals surface area contributed by atoms with E-state index in [-0.39, 0.29) is 12.5 Å². The molecular formula is C15H22N2O3. The second kappa shape index (κ2) is 8.98. The smallest absolute Gasteiger partial charge is 0.238 e. The third kappa shape index (κ3) is 5.32. The zero-order valence-corrected chi connectivity index (χ0v) is 12.1. The van der Waals surface area contributed by atoms with Gasteiger partial charge in [-0.05, 0) is 26.0 Å². The van der Waals surface area contributed by atoms with Crippen LogP contribution in [-0.2, 0) is 4.79 Å². The first-order chi connectivity index (χ1) is 9.71. The molecule has 0 radical (unpaired) electrons. The van der Waals surface area contributed by atoms with E-state index in [0.29, 0.717) is 36.9 Å². The zero-order chi connectivity index (χ0) is 14.8. The van der Waals surface area contributed by atoms with Crippen LogP contribution < -0.4 is 20.1 Å². The second-order valence-corrected chi connectivity index (χ2v) is 4.00. The number of amides is 1. The highest BCUT2D eigenvalue weighted by atomic mass is 16.5. The summed E-state index contributed by atoms with van der Waals surface area (Å²) in [5.41, 5.74) is 0.683. The Morgan fingerprint density at radius 2 is 1.95 bits per heavy atom. The highest BCUT2D eigenvalue weighted by Crippen LogP contribution is 2.30. The largest absolute Gasteiger partial charge is 0.490 e. The Hall–Kier alpha value is -2.01. The van der Waals surface area contributed by atoms with E-state index in [2.05, 4.69) is 17.2 Å². The van der Waals surface area contributed by atoms with E-state index < -0.39 is 0 Å². The lowest BCUT2D eigenvalue weighted by molar-refractivity contribution is -0.115. The van der Waals surface area contributed by atoms with E-state index in [1.165, 1.54) is 0 Å². The maximum Gasteiger partial charge on any atom is 0.238 e. The van der Waals surface area contributed by atoms with Gasteiger partial charge in [-0.15, -0.1) is 6.58 Å². The number of rotatable bonds is 9. The lowest BCUT2D eigenvalue weighted by Crippen LogP contribution is -2.28. The number of carbonyl (C=O) groups excluding carboxylic acids is 1. The number of carbonyl (C=O) groups is 1. The molecule has 0 aliphatic carbocycles. The van der Waals surface area contributed by atoms with Crippen molar-refractivity contribution >= 4 is 11.6 Å². The Labute approximate surface area is 120 Å². The summed E-state index contributed by atoms with van der Waals surface area (Å²) in [5, 5.41) is 5.74. The molecule has 5 heteroatoms. The van der Waals surface area contributed by atoms with Crippen LogP contribution in [0.1, 0.15) is 13.8 Å². The minimum absolute atomic E-state index is 0.113. The van der Waals surface area contributed by atoms with Gasteiger partial charge in [0.2, 0.25) is 5.91 Å². The molecule has 0 heterocycles. The van der Waals surface area contributed by atoms with Crippen LogP contribution >= 0.6 is 0 Å². The Kier molecular flexibility index (Phi) is 7.21. The predicted octanol–water partition coefficient (Wildman–Crippen LogP) is 2.20. The summed E-state index contributed by atoms with van der Waals surface area (Å²) < 4.78 is 11.0. The van der Waals surface area contributed by atoms with Crippen LogP contribution in [0.3, 0.4) is 0 Å². The minimum Gasteiger partial charge on any atom is -0.490 e. The Morgan fingerprint density at radius 3 is 2.60 bits per heavy atom. The molecule has 0 aliphatic heterocycles. The normalized spacial score (nSPS) is 9.90. The van der Waals surface area contributed by atoms with Gasteiger partial charge in [-0.3, -0.25) is 4.79 Å². The van der Waals surface area contributed by atoms with E-state index in [4.69, 9.17) is 9.47 Å². The quantitative estimate of drug-likeness (QED) is 0.537. The fourth-order valence-corrected chi connectivity index (χ4v) is 1.62. The maximum atomic E-state index is 11.7. The Bertz CT molecular complexity index is 447. The average molecular weight is 278 g/mol. The van der Waals surface area contributed by atoms with E-state index in [1.807, 2.05) is 13.8 Å². The number of benzene rings is 1. The van der Waals surface area contributed by atoms with E-state index in [1.54, 1.807) is 24.3 Å². The summed E-state index contributed by atoms with van der Waals surface area (Å²) in [6.45, 7) is 9.34. The van der Waals surface area contributed by atoms with Crippen molar-refractivity contribution in [1.82, 2.24) is 5.32 Å². The second-order valence-electron chi connectivity index (χ2n) is 4.00. The molecule has 0 fully saturated rings. The fraction of sp³-hybridized carbons (Fsp3) is 0.400. The van der Waals surface area contributed by atoms with Crippen LogP contribution in [0.25, 0.3) is 0 Å². The van der Waals surface area contributed by atoms with Crippen molar-refractivity contribution in [3.05, 3.63) is 30.9 Å². The highest BCUT2D eigenvalue weighted by molar-refractivity contribution is 5.92. The fourth-order valence-electron chi connectivity index (χ4n) is 1.62. The van der Waals surface area contributed by atoms with Crippen molar-refractivity contribution in [2.75, 3.05) is 31.6 Å². The summed E-state index contributed by atoms with van der Waals surface area (Å²) in [7, 11) is 0. The van der Waals surface area contributed by atoms with E-state index in [9.17, 15) is 4.79 Å². The maximum absolute atomic E-state index is 11.7. The molecule has 0 unspecified atom stereocenters. The lowest BCUT2D eigenvalue weighted by Gasteiger charge is -2.13. The Morgan fingerprint density at radius 1 is 1.25 bits per heavy atom. The van der Waals surface area contributed by atoms with Crippen LogP contribution in [-0.4, -0.2) is 32.2 Å². The average Bonchev–Trinajstić information content (AvgIpc) is 2.42. The third-order valence-electron chi connectivity index (χ3n) is 2.40. The summed E-state index contributed by atoms with van der Waals surface area (Å²) >= 11 is 0. The topological polar surface area (TPSA) is 59.6 Å². The first kappa shape index (κ1) is 16.0. The molecule has 1 aromatic carbocycles. The molecule has 110 valence electrons. The van der Waals surface area contributed by atoms with Crippen molar-refractivity contribution in [3.63, 3.8) is 0 Å². The van der Waals surface area contributed by atoms with Crippen molar-refractivity contribution in [1.29, 1.82) is 0 Å². The van der Waals surface area contributed by atoms with E-state index >= 15 is 0 Å². The van der Waals surface area contributed by atoms with Crippen LogP contribution in [0.4, 0.5) is 5.69 Å². The van der Waals surface area contributed by atoms with Gasteiger partial charge in [0.1, 0.15) is 0 Å². The minimum atomic E-state index is -0.113. The molecule has 0 saturated heterocycles. The third-order valence-corrected chi connectivity index (χ3v) is 2.40. The summed E-state index contributed by atoms with van der Waals surface area (Å²) in [6, 6.07) is 5.35. The number of anilines is 1. The van der Waals surface area contributed by atoms with Gasteiger partial charge < -0.3 is 20.1 Å². The van der Waals surface area contributed by atoms with Gasteiger partial charge in [-0.25, -0.2) is 0 Å². The molecule has 0 aliphatic rings. The highest BCUT2D eigenvalue weighted by Gasteiger charge is 2.08. The molecular weight excluding hydrogens is 256 g/mol. The van der Waals surface area contributed by atoms with Crippen LogP contribution in [0, 0.1) is 0 Å². The molecule has 5 nitrogen and oxygen atoms in total. The SMILES string of the molecule is C=CCNCC(=O)Nc1ccc(OCC)c(OCC)c1. The van der Waals surface area contributed by atoms with Crippen LogP contribution in [0.2, 0.25) is 0 Å². The monoisotopic (exact) mass is 278 g/mol. The molecule has 0 bridgehead atoms. The van der Waals surface area contributed by atoms with Crippen molar-refractivity contribution in [2.45, 2.75) is 13.8 Å². The van der Waals surface area contributed by atoms with Gasteiger partial charge in [0, 0.05) is 18.3 Å². The first-order valence-electron chi connectivity index (χ1n) is 6.72. The Balaban J connectivity index is 2.68. The molecule has 20 heavy (non-hydrogen) atoms. The van der Waals surface area contributed by atoms with Gasteiger partial charge >= 0.3 is 0 Å². The summed E-state index contributed by atoms with van der Waals surface area (Å²) in [5.74, 6) is 1.20. The number of ether oxygens (including phenoxy) is 2. The molecule has 0 spiro atoms. The first-order valence-corrected chi connectivity index (χ1v) is 6.72.